The molecule has 2 heterocycles. The van der Waals surface area contributed by atoms with Crippen molar-refractivity contribution in [3.05, 3.63) is 24.3 Å². The van der Waals surface area contributed by atoms with Crippen LogP contribution in [0.4, 0.5) is 5.69 Å². The van der Waals surface area contributed by atoms with Crippen molar-refractivity contribution in [3.8, 4) is 0 Å². The fraction of sp³-hybridized carbons (Fsp3) is 0.500. The predicted octanol–water partition coefficient (Wildman–Crippen LogP) is 1.64. The standard InChI is InChI=1S/C18H23N3O3S/c1-18(16(23)19-12-15(22)21-10-6-3-7-11-21)17(24)20(2)13-8-4-5-9-14(13)25-18/h4-5,8-9H,3,6-7,10-12H2,1-2H3,(H,19,23). The molecule has 7 heteroatoms. The van der Waals surface area contributed by atoms with E-state index in [9.17, 15) is 14.4 Å². The van der Waals surface area contributed by atoms with Crippen molar-refractivity contribution in [1.29, 1.82) is 0 Å². The zero-order valence-electron chi connectivity index (χ0n) is 14.6. The molecule has 134 valence electrons. The Balaban J connectivity index is 1.68. The third-order valence-corrected chi connectivity index (χ3v) is 6.13. The van der Waals surface area contributed by atoms with Crippen LogP contribution in [0.3, 0.4) is 0 Å². The van der Waals surface area contributed by atoms with Crippen LogP contribution in [0.1, 0.15) is 26.2 Å². The first-order chi connectivity index (χ1) is 11.9. The van der Waals surface area contributed by atoms with Gasteiger partial charge in [0, 0.05) is 25.0 Å². The molecule has 2 aliphatic heterocycles. The van der Waals surface area contributed by atoms with E-state index in [1.54, 1.807) is 18.9 Å². The van der Waals surface area contributed by atoms with Crippen molar-refractivity contribution in [2.24, 2.45) is 0 Å². The number of likely N-dealkylation sites (tertiary alicyclic amines) is 1. The van der Waals surface area contributed by atoms with Gasteiger partial charge in [-0.3, -0.25) is 14.4 Å². The average Bonchev–Trinajstić information content (AvgIpc) is 2.64. The SMILES string of the molecule is CN1C(=O)C(C)(C(=O)NCC(=O)N2CCCCC2)Sc2ccccc21. The Morgan fingerprint density at radius 3 is 2.60 bits per heavy atom. The predicted molar refractivity (Wildman–Crippen MR) is 97.6 cm³/mol. The largest absolute Gasteiger partial charge is 0.345 e. The van der Waals surface area contributed by atoms with E-state index in [1.807, 2.05) is 24.3 Å². The Kier molecular flexibility index (Phi) is 5.03. The molecule has 0 aromatic heterocycles. The summed E-state index contributed by atoms with van der Waals surface area (Å²) in [6.45, 7) is 3.05. The second-order valence-corrected chi connectivity index (χ2v) is 8.05. The second kappa shape index (κ2) is 7.07. The lowest BCUT2D eigenvalue weighted by Gasteiger charge is -2.37. The number of nitrogens with zero attached hydrogens (tertiary/aromatic N) is 2. The van der Waals surface area contributed by atoms with E-state index in [-0.39, 0.29) is 18.4 Å². The highest BCUT2D eigenvalue weighted by Crippen LogP contribution is 2.44. The molecule has 1 aromatic rings. The van der Waals surface area contributed by atoms with Gasteiger partial charge >= 0.3 is 0 Å². The van der Waals surface area contributed by atoms with E-state index in [1.165, 1.54) is 16.7 Å². The number of piperidine rings is 1. The van der Waals surface area contributed by atoms with Gasteiger partial charge in [-0.05, 0) is 38.3 Å². The van der Waals surface area contributed by atoms with Gasteiger partial charge in [-0.2, -0.15) is 0 Å². The summed E-state index contributed by atoms with van der Waals surface area (Å²) in [7, 11) is 1.67. The Labute approximate surface area is 151 Å². The molecule has 1 unspecified atom stereocenters. The highest BCUT2D eigenvalue weighted by Gasteiger charge is 2.48. The maximum absolute atomic E-state index is 12.7. The molecule has 0 saturated carbocycles. The molecule has 0 radical (unpaired) electrons. The first kappa shape index (κ1) is 17.8. The number of hydrogen-bond donors (Lipinski definition) is 1. The number of hydrogen-bond acceptors (Lipinski definition) is 4. The van der Waals surface area contributed by atoms with Gasteiger partial charge in [0.15, 0.2) is 4.75 Å². The molecule has 1 saturated heterocycles. The number of amides is 3. The van der Waals surface area contributed by atoms with Gasteiger partial charge in [0.1, 0.15) is 0 Å². The maximum Gasteiger partial charge on any atom is 0.252 e. The monoisotopic (exact) mass is 361 g/mol. The number of thioether (sulfide) groups is 1. The van der Waals surface area contributed by atoms with Crippen LogP contribution in [0.2, 0.25) is 0 Å². The van der Waals surface area contributed by atoms with Crippen molar-refractivity contribution in [1.82, 2.24) is 10.2 Å². The first-order valence-electron chi connectivity index (χ1n) is 8.56. The fourth-order valence-electron chi connectivity index (χ4n) is 3.24. The number of fused-ring (bicyclic) bond motifs is 1. The van der Waals surface area contributed by atoms with E-state index in [0.717, 1.165) is 42.9 Å². The molecule has 1 atom stereocenters. The van der Waals surface area contributed by atoms with Crippen LogP contribution in [-0.2, 0) is 14.4 Å². The number of anilines is 1. The minimum atomic E-state index is -1.27. The van der Waals surface area contributed by atoms with Crippen molar-refractivity contribution in [3.63, 3.8) is 0 Å². The Bertz CT molecular complexity index is 703. The summed E-state index contributed by atoms with van der Waals surface area (Å²) in [4.78, 5) is 41.9. The van der Waals surface area contributed by atoms with Gasteiger partial charge in [-0.25, -0.2) is 0 Å². The smallest absolute Gasteiger partial charge is 0.252 e. The van der Waals surface area contributed by atoms with Gasteiger partial charge in [0.05, 0.1) is 12.2 Å². The minimum Gasteiger partial charge on any atom is -0.345 e. The summed E-state index contributed by atoms with van der Waals surface area (Å²) in [5.74, 6) is -0.785. The zero-order valence-corrected chi connectivity index (χ0v) is 15.4. The second-order valence-electron chi connectivity index (χ2n) is 6.59. The number of benzene rings is 1. The normalized spacial score (nSPS) is 23.2. The summed E-state index contributed by atoms with van der Waals surface area (Å²) < 4.78 is -1.27. The Morgan fingerprint density at radius 1 is 1.20 bits per heavy atom. The van der Waals surface area contributed by atoms with Gasteiger partial charge in [0.2, 0.25) is 11.8 Å². The summed E-state index contributed by atoms with van der Waals surface area (Å²) in [6, 6.07) is 7.50. The first-order valence-corrected chi connectivity index (χ1v) is 9.37. The average molecular weight is 361 g/mol. The topological polar surface area (TPSA) is 69.7 Å². The van der Waals surface area contributed by atoms with Crippen molar-refractivity contribution in [2.75, 3.05) is 31.6 Å². The van der Waals surface area contributed by atoms with Gasteiger partial charge in [-0.15, -0.1) is 0 Å². The molecule has 3 amide bonds. The van der Waals surface area contributed by atoms with Crippen LogP contribution in [0.25, 0.3) is 0 Å². The van der Waals surface area contributed by atoms with Crippen molar-refractivity contribution >= 4 is 35.2 Å². The van der Waals surface area contributed by atoms with Crippen LogP contribution in [0.5, 0.6) is 0 Å². The molecule has 0 spiro atoms. The van der Waals surface area contributed by atoms with Crippen molar-refractivity contribution < 1.29 is 14.4 Å². The van der Waals surface area contributed by atoms with E-state index in [2.05, 4.69) is 5.32 Å². The third kappa shape index (κ3) is 3.38. The van der Waals surface area contributed by atoms with Gasteiger partial charge in [0.25, 0.3) is 5.91 Å². The van der Waals surface area contributed by atoms with Gasteiger partial charge < -0.3 is 15.1 Å². The minimum absolute atomic E-state index is 0.0619. The van der Waals surface area contributed by atoms with Crippen LogP contribution in [0, 0.1) is 0 Å². The lowest BCUT2D eigenvalue weighted by molar-refractivity contribution is -0.136. The molecule has 2 aliphatic rings. The summed E-state index contributed by atoms with van der Waals surface area (Å²) in [5.41, 5.74) is 0.798. The number of nitrogens with one attached hydrogen (secondary N) is 1. The fourth-order valence-corrected chi connectivity index (χ4v) is 4.52. The highest BCUT2D eigenvalue weighted by atomic mass is 32.2. The molecular formula is C18H23N3O3S. The van der Waals surface area contributed by atoms with Crippen molar-refractivity contribution in [2.45, 2.75) is 35.8 Å². The van der Waals surface area contributed by atoms with E-state index >= 15 is 0 Å². The lowest BCUT2D eigenvalue weighted by atomic mass is 10.1. The Hall–Kier alpha value is -2.02. The molecule has 25 heavy (non-hydrogen) atoms. The zero-order chi connectivity index (χ0) is 18.0. The highest BCUT2D eigenvalue weighted by molar-refractivity contribution is 8.02. The lowest BCUT2D eigenvalue weighted by Crippen LogP contribution is -2.56. The van der Waals surface area contributed by atoms with E-state index in [0.29, 0.717) is 0 Å². The van der Waals surface area contributed by atoms with Crippen LogP contribution in [-0.4, -0.2) is 54.1 Å². The quantitative estimate of drug-likeness (QED) is 0.831. The van der Waals surface area contributed by atoms with Crippen LogP contribution >= 0.6 is 11.8 Å². The number of carbonyl (C=O) groups excluding carboxylic acids is 3. The van der Waals surface area contributed by atoms with Crippen LogP contribution < -0.4 is 10.2 Å². The third-order valence-electron chi connectivity index (χ3n) is 4.80. The molecule has 0 aliphatic carbocycles. The number of para-hydroxylation sites is 1. The number of carbonyl (C=O) groups is 3. The summed E-state index contributed by atoms with van der Waals surface area (Å²) in [5, 5.41) is 2.67. The van der Waals surface area contributed by atoms with E-state index < -0.39 is 10.7 Å². The molecule has 6 nitrogen and oxygen atoms in total. The molecule has 0 bridgehead atoms. The van der Waals surface area contributed by atoms with Gasteiger partial charge in [-0.1, -0.05) is 23.9 Å². The maximum atomic E-state index is 12.7. The summed E-state index contributed by atoms with van der Waals surface area (Å²) in [6.07, 6.45) is 3.16. The molecule has 3 rings (SSSR count). The summed E-state index contributed by atoms with van der Waals surface area (Å²) >= 11 is 1.24. The molecule has 1 N–H and O–H groups in total. The number of rotatable bonds is 3. The molecule has 1 aromatic carbocycles. The Morgan fingerprint density at radius 2 is 1.88 bits per heavy atom. The van der Waals surface area contributed by atoms with E-state index in [4.69, 9.17) is 0 Å². The molecule has 1 fully saturated rings. The van der Waals surface area contributed by atoms with Crippen LogP contribution in [0.15, 0.2) is 29.2 Å². The molecular weight excluding hydrogens is 338 g/mol.